The van der Waals surface area contributed by atoms with Crippen molar-refractivity contribution in [1.82, 2.24) is 5.32 Å². The summed E-state index contributed by atoms with van der Waals surface area (Å²) in [5.74, 6) is 0. The summed E-state index contributed by atoms with van der Waals surface area (Å²) in [6.07, 6.45) is 0. The van der Waals surface area contributed by atoms with Gasteiger partial charge in [-0.3, -0.25) is 0 Å². The molecule has 1 nitrogen and oxygen atoms in total. The summed E-state index contributed by atoms with van der Waals surface area (Å²) in [6, 6.07) is 0. The van der Waals surface area contributed by atoms with Crippen LogP contribution in [0.25, 0.3) is 0 Å². The van der Waals surface area contributed by atoms with Crippen LogP contribution in [0.3, 0.4) is 0 Å². The molecule has 0 atom stereocenters. The number of nitrogens with one attached hydrogen (secondary N) is 1. The van der Waals surface area contributed by atoms with Gasteiger partial charge in [-0.1, -0.05) is 45.2 Å². The first-order valence-electron chi connectivity index (χ1n) is 1.74. The molecule has 0 heterocycles. The Kier molecular flexibility index (Phi) is 7.94. The van der Waals surface area contributed by atoms with Crippen molar-refractivity contribution in [3.05, 3.63) is 0 Å². The molecule has 0 unspecified atom stereocenters. The minimum Gasteiger partial charge on any atom is -0.307 e. The van der Waals surface area contributed by atoms with E-state index in [1.807, 2.05) is 0 Å². The molecule has 6 heavy (non-hydrogen) atoms. The molecular weight excluding hydrogens is 304 g/mol. The van der Waals surface area contributed by atoms with Crippen LogP contribution < -0.4 is 5.32 Å². The van der Waals surface area contributed by atoms with Crippen molar-refractivity contribution in [3.8, 4) is 0 Å². The molecule has 0 aliphatic rings. The van der Waals surface area contributed by atoms with E-state index in [9.17, 15) is 0 Å². The highest BCUT2D eigenvalue weighted by atomic mass is 127. The van der Waals surface area contributed by atoms with Crippen LogP contribution >= 0.6 is 45.2 Å². The highest BCUT2D eigenvalue weighted by Gasteiger charge is 1.73. The maximum atomic E-state index is 3.18. The highest BCUT2D eigenvalue weighted by molar-refractivity contribution is 14.1. The Morgan fingerprint density at radius 1 is 1.33 bits per heavy atom. The standard InChI is InChI=1S/C3H7I2N/c4-1-2-6-3-5/h6H,1-3H2. The van der Waals surface area contributed by atoms with E-state index < -0.39 is 0 Å². The van der Waals surface area contributed by atoms with Crippen LogP contribution in [0.5, 0.6) is 0 Å². The third-order valence-corrected chi connectivity index (χ3v) is 1.44. The Hall–Kier alpha value is 1.42. The summed E-state index contributed by atoms with van der Waals surface area (Å²) in [5.41, 5.74) is 0. The molecule has 0 bridgehead atoms. The first-order chi connectivity index (χ1) is 2.91. The van der Waals surface area contributed by atoms with Gasteiger partial charge in [0.2, 0.25) is 0 Å². The van der Waals surface area contributed by atoms with Gasteiger partial charge in [-0.05, 0) is 0 Å². The molecule has 0 rings (SSSR count). The number of rotatable bonds is 3. The fraction of sp³-hybridized carbons (Fsp3) is 1.00. The zero-order valence-corrected chi connectivity index (χ0v) is 7.69. The van der Waals surface area contributed by atoms with E-state index >= 15 is 0 Å². The van der Waals surface area contributed by atoms with Crippen LogP contribution in [0.1, 0.15) is 0 Å². The molecular formula is C3H7I2N. The minimum atomic E-state index is 1.07. The third-order valence-electron chi connectivity index (χ3n) is 0.366. The van der Waals surface area contributed by atoms with Crippen molar-refractivity contribution in [2.75, 3.05) is 15.5 Å². The van der Waals surface area contributed by atoms with Crippen molar-refractivity contribution in [1.29, 1.82) is 0 Å². The summed E-state index contributed by atoms with van der Waals surface area (Å²) in [5, 5.41) is 3.18. The third kappa shape index (κ3) is 5.42. The van der Waals surface area contributed by atoms with Crippen molar-refractivity contribution in [2.24, 2.45) is 0 Å². The lowest BCUT2D eigenvalue weighted by Crippen LogP contribution is -2.12. The molecule has 1 N–H and O–H groups in total. The van der Waals surface area contributed by atoms with Gasteiger partial charge >= 0.3 is 0 Å². The van der Waals surface area contributed by atoms with Gasteiger partial charge in [0.1, 0.15) is 0 Å². The largest absolute Gasteiger partial charge is 0.307 e. The van der Waals surface area contributed by atoms with Gasteiger partial charge in [0.05, 0.1) is 0 Å². The molecule has 0 aromatic rings. The molecule has 0 spiro atoms. The summed E-state index contributed by atoms with van der Waals surface area (Å²) >= 11 is 4.64. The lowest BCUT2D eigenvalue weighted by atomic mass is 10.8. The zero-order chi connectivity index (χ0) is 4.83. The molecule has 0 aromatic heterocycles. The minimum absolute atomic E-state index is 1.07. The monoisotopic (exact) mass is 311 g/mol. The van der Waals surface area contributed by atoms with Crippen LogP contribution in [0.4, 0.5) is 0 Å². The van der Waals surface area contributed by atoms with Crippen LogP contribution in [-0.4, -0.2) is 15.5 Å². The summed E-state index contributed by atoms with van der Waals surface area (Å²) in [6.45, 7) is 1.14. The van der Waals surface area contributed by atoms with Crippen LogP contribution in [0, 0.1) is 0 Å². The van der Waals surface area contributed by atoms with E-state index in [1.165, 1.54) is 4.43 Å². The Bertz CT molecular complexity index is 20.8. The number of hydrogen-bond acceptors (Lipinski definition) is 1. The Balaban J connectivity index is 2.34. The Morgan fingerprint density at radius 2 is 2.00 bits per heavy atom. The van der Waals surface area contributed by atoms with Gasteiger partial charge in [-0.25, -0.2) is 0 Å². The first-order valence-corrected chi connectivity index (χ1v) is 4.79. The lowest BCUT2D eigenvalue weighted by Gasteiger charge is -1.89. The fourth-order valence-corrected chi connectivity index (χ4v) is 0.896. The second kappa shape index (κ2) is 6.42. The molecule has 0 saturated carbocycles. The molecule has 0 radical (unpaired) electrons. The number of halogens is 2. The molecule has 0 fully saturated rings. The van der Waals surface area contributed by atoms with E-state index in [4.69, 9.17) is 0 Å². The summed E-state index contributed by atoms with van der Waals surface area (Å²) < 4.78 is 2.28. The van der Waals surface area contributed by atoms with Gasteiger partial charge in [-0.2, -0.15) is 0 Å². The molecule has 0 saturated heterocycles. The van der Waals surface area contributed by atoms with Crippen molar-refractivity contribution < 1.29 is 0 Å². The molecule has 0 aliphatic carbocycles. The number of hydrogen-bond donors (Lipinski definition) is 1. The molecule has 0 aromatic carbocycles. The maximum Gasteiger partial charge on any atom is 0.0480 e. The van der Waals surface area contributed by atoms with Crippen molar-refractivity contribution >= 4 is 45.2 Å². The van der Waals surface area contributed by atoms with Crippen LogP contribution in [0.15, 0.2) is 0 Å². The molecule has 0 amide bonds. The van der Waals surface area contributed by atoms with Gasteiger partial charge in [0.25, 0.3) is 0 Å². The quantitative estimate of drug-likeness (QED) is 0.360. The maximum absolute atomic E-state index is 3.18. The second-order valence-corrected chi connectivity index (χ2v) is 2.66. The summed E-state index contributed by atoms with van der Waals surface area (Å²) in [7, 11) is 0. The fourth-order valence-electron chi connectivity index (χ4n) is 0.134. The average Bonchev–Trinajstić information content (AvgIpc) is 1.61. The Labute approximate surface area is 65.5 Å². The topological polar surface area (TPSA) is 12.0 Å². The molecule has 38 valence electrons. The average molecular weight is 311 g/mol. The van der Waals surface area contributed by atoms with Crippen LogP contribution in [-0.2, 0) is 0 Å². The van der Waals surface area contributed by atoms with E-state index in [1.54, 1.807) is 0 Å². The van der Waals surface area contributed by atoms with Crippen LogP contribution in [0.2, 0.25) is 0 Å². The van der Waals surface area contributed by atoms with Gasteiger partial charge < -0.3 is 5.32 Å². The van der Waals surface area contributed by atoms with E-state index in [2.05, 4.69) is 50.5 Å². The van der Waals surface area contributed by atoms with Gasteiger partial charge in [0, 0.05) is 15.5 Å². The highest BCUT2D eigenvalue weighted by Crippen LogP contribution is 1.77. The normalized spacial score (nSPS) is 9.00. The smallest absolute Gasteiger partial charge is 0.0480 e. The lowest BCUT2D eigenvalue weighted by molar-refractivity contribution is 0.869. The SMILES string of the molecule is ICCNCI. The van der Waals surface area contributed by atoms with E-state index in [0.717, 1.165) is 11.1 Å². The number of alkyl halides is 2. The Morgan fingerprint density at radius 3 is 2.17 bits per heavy atom. The molecule has 3 heteroatoms. The first kappa shape index (κ1) is 7.42. The van der Waals surface area contributed by atoms with Crippen molar-refractivity contribution in [3.63, 3.8) is 0 Å². The van der Waals surface area contributed by atoms with Gasteiger partial charge in [-0.15, -0.1) is 0 Å². The zero-order valence-electron chi connectivity index (χ0n) is 3.38. The second-order valence-electron chi connectivity index (χ2n) is 0.823. The van der Waals surface area contributed by atoms with E-state index in [0.29, 0.717) is 0 Å². The van der Waals surface area contributed by atoms with Crippen molar-refractivity contribution in [2.45, 2.75) is 0 Å². The molecule has 0 aliphatic heterocycles. The predicted molar refractivity (Wildman–Crippen MR) is 45.8 cm³/mol. The summed E-state index contributed by atoms with van der Waals surface area (Å²) in [4.78, 5) is 0. The van der Waals surface area contributed by atoms with Gasteiger partial charge in [0.15, 0.2) is 0 Å². The van der Waals surface area contributed by atoms with E-state index in [-0.39, 0.29) is 0 Å². The predicted octanol–water partition coefficient (Wildman–Crippen LogP) is 1.40.